The average Bonchev–Trinajstić information content (AvgIpc) is 3.42. The molecule has 5 aromatic rings. The molecular weight excluding hydrogens is 445 g/mol. The van der Waals surface area contributed by atoms with Crippen LogP contribution in [0.15, 0.2) is 66.9 Å². The highest BCUT2D eigenvalue weighted by Gasteiger charge is 2.36. The molecule has 0 aliphatic heterocycles. The molecule has 0 bridgehead atoms. The van der Waals surface area contributed by atoms with Crippen molar-refractivity contribution in [2.75, 3.05) is 7.05 Å². The van der Waals surface area contributed by atoms with Gasteiger partial charge in [0.05, 0.1) is 17.9 Å². The van der Waals surface area contributed by atoms with Gasteiger partial charge in [-0.1, -0.05) is 36.4 Å². The first-order chi connectivity index (χ1) is 16.2. The zero-order valence-electron chi connectivity index (χ0n) is 18.3. The minimum atomic E-state index is -4.69. The van der Waals surface area contributed by atoms with E-state index in [4.69, 9.17) is 0 Å². The van der Waals surface area contributed by atoms with Crippen molar-refractivity contribution in [3.8, 4) is 11.3 Å². The van der Waals surface area contributed by atoms with E-state index in [2.05, 4.69) is 15.2 Å². The number of carbonyl (C=O) groups excluding carboxylic acids is 1. The van der Waals surface area contributed by atoms with Gasteiger partial charge in [0.1, 0.15) is 0 Å². The molecule has 0 fully saturated rings. The van der Waals surface area contributed by atoms with Crippen LogP contribution in [0, 0.1) is 0 Å². The van der Waals surface area contributed by atoms with Gasteiger partial charge in [0.15, 0.2) is 17.0 Å². The van der Waals surface area contributed by atoms with Crippen molar-refractivity contribution < 1.29 is 18.0 Å². The van der Waals surface area contributed by atoms with Crippen LogP contribution in [-0.2, 0) is 19.8 Å². The van der Waals surface area contributed by atoms with E-state index >= 15 is 0 Å². The second kappa shape index (κ2) is 7.98. The molecule has 3 aromatic heterocycles. The second-order valence-electron chi connectivity index (χ2n) is 7.99. The average molecular weight is 464 g/mol. The molecule has 0 saturated heterocycles. The third-order valence-corrected chi connectivity index (χ3v) is 5.65. The van der Waals surface area contributed by atoms with Crippen LogP contribution >= 0.6 is 0 Å². The number of halogens is 3. The number of rotatable bonds is 4. The summed E-state index contributed by atoms with van der Waals surface area (Å²) < 4.78 is 44.1. The summed E-state index contributed by atoms with van der Waals surface area (Å²) in [5.41, 5.74) is 0.261. The Morgan fingerprint density at radius 3 is 2.50 bits per heavy atom. The summed E-state index contributed by atoms with van der Waals surface area (Å²) in [6.07, 6.45) is -3.09. The monoisotopic (exact) mass is 464 g/mol. The molecule has 0 spiro atoms. The van der Waals surface area contributed by atoms with E-state index in [1.54, 1.807) is 43.2 Å². The van der Waals surface area contributed by atoms with Crippen LogP contribution in [0.5, 0.6) is 0 Å². The molecule has 0 unspecified atom stereocenters. The lowest BCUT2D eigenvalue weighted by Gasteiger charge is -2.15. The highest BCUT2D eigenvalue weighted by atomic mass is 19.4. The maximum atomic E-state index is 13.9. The number of alkyl halides is 3. The largest absolute Gasteiger partial charge is 0.433 e. The zero-order chi connectivity index (χ0) is 24.0. The van der Waals surface area contributed by atoms with Crippen molar-refractivity contribution in [3.05, 3.63) is 83.9 Å². The van der Waals surface area contributed by atoms with Crippen LogP contribution in [-0.4, -0.2) is 42.2 Å². The summed E-state index contributed by atoms with van der Waals surface area (Å²) in [6, 6.07) is 16.9. The van der Waals surface area contributed by atoms with Crippen molar-refractivity contribution in [2.24, 2.45) is 7.05 Å². The minimum Gasteiger partial charge on any atom is -0.334 e. The Morgan fingerprint density at radius 1 is 1.03 bits per heavy atom. The fourth-order valence-electron chi connectivity index (χ4n) is 3.84. The Kier molecular flexibility index (Phi) is 5.07. The molecule has 0 saturated carbocycles. The van der Waals surface area contributed by atoms with E-state index in [-0.39, 0.29) is 23.6 Å². The first-order valence-corrected chi connectivity index (χ1v) is 10.4. The van der Waals surface area contributed by atoms with Gasteiger partial charge in [0, 0.05) is 31.9 Å². The summed E-state index contributed by atoms with van der Waals surface area (Å²) in [5.74, 6) is -0.521. The predicted molar refractivity (Wildman–Crippen MR) is 120 cm³/mol. The third-order valence-electron chi connectivity index (χ3n) is 5.65. The summed E-state index contributed by atoms with van der Waals surface area (Å²) in [4.78, 5) is 18.7. The Morgan fingerprint density at radius 2 is 1.79 bits per heavy atom. The lowest BCUT2D eigenvalue weighted by molar-refractivity contribution is -0.142. The van der Waals surface area contributed by atoms with Crippen LogP contribution in [0.1, 0.15) is 21.9 Å². The second-order valence-corrected chi connectivity index (χ2v) is 7.99. The van der Waals surface area contributed by atoms with Crippen molar-refractivity contribution in [1.29, 1.82) is 0 Å². The van der Waals surface area contributed by atoms with Crippen molar-refractivity contribution in [3.63, 3.8) is 0 Å². The maximum Gasteiger partial charge on any atom is 0.433 e. The minimum absolute atomic E-state index is 0.0599. The van der Waals surface area contributed by atoms with Crippen LogP contribution in [0.3, 0.4) is 0 Å². The van der Waals surface area contributed by atoms with Crippen molar-refractivity contribution >= 4 is 22.3 Å². The topological polar surface area (TPSA) is 68.3 Å². The molecule has 0 radical (unpaired) electrons. The van der Waals surface area contributed by atoms with E-state index in [0.29, 0.717) is 10.1 Å². The Hall–Kier alpha value is -4.21. The molecule has 0 atom stereocenters. The lowest BCUT2D eigenvalue weighted by atomic mass is 10.0. The van der Waals surface area contributed by atoms with Gasteiger partial charge in [-0.25, -0.2) is 9.50 Å². The first kappa shape index (κ1) is 21.6. The van der Waals surface area contributed by atoms with Gasteiger partial charge >= 0.3 is 6.18 Å². The van der Waals surface area contributed by atoms with Crippen molar-refractivity contribution in [2.45, 2.75) is 12.7 Å². The molecule has 3 heterocycles. The number of carbonyl (C=O) groups is 1. The van der Waals surface area contributed by atoms with E-state index in [1.807, 2.05) is 30.3 Å². The molecule has 172 valence electrons. The molecule has 0 aliphatic carbocycles. The van der Waals surface area contributed by atoms with E-state index in [0.717, 1.165) is 22.5 Å². The van der Waals surface area contributed by atoms with E-state index in [1.165, 1.54) is 11.0 Å². The van der Waals surface area contributed by atoms with Gasteiger partial charge in [-0.2, -0.15) is 23.4 Å². The van der Waals surface area contributed by atoms with Gasteiger partial charge < -0.3 is 4.90 Å². The molecular formula is C24H19F3N6O. The van der Waals surface area contributed by atoms with Crippen LogP contribution in [0.4, 0.5) is 13.2 Å². The Bertz CT molecular complexity index is 1540. The molecule has 1 amide bonds. The number of aryl methyl sites for hydroxylation is 1. The summed E-state index contributed by atoms with van der Waals surface area (Å²) in [7, 11) is 3.30. The van der Waals surface area contributed by atoms with E-state index in [9.17, 15) is 18.0 Å². The van der Waals surface area contributed by atoms with Gasteiger partial charge in [0.2, 0.25) is 0 Å². The Balaban J connectivity index is 1.57. The van der Waals surface area contributed by atoms with Crippen molar-refractivity contribution in [1.82, 2.24) is 29.3 Å². The zero-order valence-corrected chi connectivity index (χ0v) is 18.3. The number of benzene rings is 2. The van der Waals surface area contributed by atoms with Gasteiger partial charge in [0.25, 0.3) is 5.91 Å². The number of nitrogens with zero attached hydrogens (tertiary/aromatic N) is 6. The SMILES string of the molecule is CN(Cc1ccnn1C)C(=O)c1cc2nc(-c3ccc4ccccc4c3)cc(C(F)(F)F)n2n1. The van der Waals surface area contributed by atoms with Crippen LogP contribution in [0.2, 0.25) is 0 Å². The smallest absolute Gasteiger partial charge is 0.334 e. The van der Waals surface area contributed by atoms with Gasteiger partial charge in [-0.15, -0.1) is 0 Å². The summed E-state index contributed by atoms with van der Waals surface area (Å²) >= 11 is 0. The number of fused-ring (bicyclic) bond motifs is 2. The highest BCUT2D eigenvalue weighted by Crippen LogP contribution is 2.33. The fraction of sp³-hybridized carbons (Fsp3) is 0.167. The van der Waals surface area contributed by atoms with Gasteiger partial charge in [-0.3, -0.25) is 9.48 Å². The summed E-state index contributed by atoms with van der Waals surface area (Å²) in [5, 5.41) is 9.87. The molecule has 10 heteroatoms. The molecule has 0 aliphatic rings. The highest BCUT2D eigenvalue weighted by molar-refractivity contribution is 5.93. The molecule has 34 heavy (non-hydrogen) atoms. The number of hydrogen-bond donors (Lipinski definition) is 0. The number of hydrogen-bond acceptors (Lipinski definition) is 4. The maximum absolute atomic E-state index is 13.9. The normalized spacial score (nSPS) is 11.9. The predicted octanol–water partition coefficient (Wildman–Crippen LogP) is 4.57. The lowest BCUT2D eigenvalue weighted by Crippen LogP contribution is -2.27. The Labute approximate surface area is 192 Å². The number of amides is 1. The molecule has 2 aromatic carbocycles. The molecule has 7 nitrogen and oxygen atoms in total. The molecule has 5 rings (SSSR count). The van der Waals surface area contributed by atoms with Crippen LogP contribution in [0.25, 0.3) is 27.7 Å². The fourth-order valence-corrected chi connectivity index (χ4v) is 3.84. The van der Waals surface area contributed by atoms with Gasteiger partial charge in [-0.05, 0) is 29.0 Å². The quantitative estimate of drug-likeness (QED) is 0.391. The number of aromatic nitrogens is 5. The van der Waals surface area contributed by atoms with E-state index < -0.39 is 17.8 Å². The third kappa shape index (κ3) is 3.87. The first-order valence-electron chi connectivity index (χ1n) is 10.4. The van der Waals surface area contributed by atoms with Crippen LogP contribution < -0.4 is 0 Å². The standard InChI is InChI=1S/C24H19F3N6O/c1-31(14-18-9-10-28-32(18)2)23(34)20-13-22-29-19(12-21(24(25,26)27)33(22)30-20)17-8-7-15-5-3-4-6-16(15)11-17/h3-13H,14H2,1-2H3. The summed E-state index contributed by atoms with van der Waals surface area (Å²) in [6.45, 7) is 0.227. The molecule has 0 N–H and O–H groups in total.